The Labute approximate surface area is 172 Å². The molecule has 2 heterocycles. The molecule has 0 bridgehead atoms. The average Bonchev–Trinajstić information content (AvgIpc) is 3.43. The van der Waals surface area contributed by atoms with Gasteiger partial charge in [0.1, 0.15) is 6.33 Å². The number of nitrogens with zero attached hydrogens (tertiary/aromatic N) is 3. The van der Waals surface area contributed by atoms with Gasteiger partial charge in [-0.25, -0.2) is 4.98 Å². The van der Waals surface area contributed by atoms with Crippen LogP contribution < -0.4 is 10.2 Å². The van der Waals surface area contributed by atoms with E-state index in [0.717, 1.165) is 40.7 Å². The number of hydrogen-bond donors (Lipinski definition) is 2. The Morgan fingerprint density at radius 1 is 1.10 bits per heavy atom. The minimum Gasteiger partial charge on any atom is -0.348 e. The van der Waals surface area contributed by atoms with Gasteiger partial charge in [-0.05, 0) is 41.8 Å². The van der Waals surface area contributed by atoms with Crippen molar-refractivity contribution in [2.45, 2.75) is 30.3 Å². The Kier molecular flexibility index (Phi) is 5.90. The van der Waals surface area contributed by atoms with E-state index >= 15 is 0 Å². The maximum absolute atomic E-state index is 12.4. The highest BCUT2D eigenvalue weighted by molar-refractivity contribution is 7.98. The number of hydrogen-bond acceptors (Lipinski definition) is 5. The fourth-order valence-electron chi connectivity index (χ4n) is 3.17. The van der Waals surface area contributed by atoms with Crippen molar-refractivity contribution >= 4 is 29.3 Å². The van der Waals surface area contributed by atoms with E-state index in [1.807, 2.05) is 53.4 Å². The van der Waals surface area contributed by atoms with Crippen LogP contribution in [-0.2, 0) is 17.1 Å². The first-order valence-corrected chi connectivity index (χ1v) is 10.4. The topological polar surface area (TPSA) is 91.0 Å². The van der Waals surface area contributed by atoms with E-state index in [1.165, 1.54) is 6.33 Å². The maximum atomic E-state index is 12.4. The van der Waals surface area contributed by atoms with Gasteiger partial charge < -0.3 is 10.2 Å². The third kappa shape index (κ3) is 4.83. The second-order valence-electron chi connectivity index (χ2n) is 6.77. The number of aromatic amines is 1. The Balaban J connectivity index is 1.28. The Hall–Kier alpha value is -3.13. The molecule has 1 aliphatic rings. The van der Waals surface area contributed by atoms with Crippen molar-refractivity contribution in [1.29, 1.82) is 0 Å². The summed E-state index contributed by atoms with van der Waals surface area (Å²) in [5, 5.41) is 10.3. The molecule has 148 valence electrons. The highest BCUT2D eigenvalue weighted by Gasteiger charge is 2.21. The molecule has 0 radical (unpaired) electrons. The first kappa shape index (κ1) is 19.2. The van der Waals surface area contributed by atoms with Gasteiger partial charge in [0.25, 0.3) is 5.91 Å². The van der Waals surface area contributed by atoms with E-state index in [2.05, 4.69) is 20.5 Å². The van der Waals surface area contributed by atoms with E-state index in [1.54, 1.807) is 11.8 Å². The lowest BCUT2D eigenvalue weighted by atomic mass is 10.1. The molecular weight excluding hydrogens is 386 g/mol. The number of anilines is 1. The van der Waals surface area contributed by atoms with Crippen LogP contribution in [0.4, 0.5) is 5.69 Å². The van der Waals surface area contributed by atoms with Crippen molar-refractivity contribution in [1.82, 2.24) is 20.5 Å². The highest BCUT2D eigenvalue weighted by atomic mass is 32.2. The fraction of sp³-hybridized carbons (Fsp3) is 0.238. The van der Waals surface area contributed by atoms with Gasteiger partial charge >= 0.3 is 0 Å². The molecule has 8 heteroatoms. The molecule has 3 aromatic rings. The summed E-state index contributed by atoms with van der Waals surface area (Å²) in [6.07, 6.45) is 3.01. The van der Waals surface area contributed by atoms with E-state index < -0.39 is 0 Å². The van der Waals surface area contributed by atoms with E-state index in [4.69, 9.17) is 0 Å². The van der Waals surface area contributed by atoms with Crippen LogP contribution in [0.15, 0.2) is 60.0 Å². The molecule has 1 fully saturated rings. The van der Waals surface area contributed by atoms with Gasteiger partial charge in [-0.2, -0.15) is 5.10 Å². The molecule has 1 aliphatic heterocycles. The number of H-pyrrole nitrogens is 1. The molecule has 1 saturated heterocycles. The molecule has 2 aromatic carbocycles. The zero-order valence-corrected chi connectivity index (χ0v) is 16.6. The molecule has 0 atom stereocenters. The molecule has 1 aromatic heterocycles. The number of benzene rings is 2. The molecule has 0 spiro atoms. The molecular formula is C21H21N5O2S. The summed E-state index contributed by atoms with van der Waals surface area (Å²) in [6, 6.07) is 15.3. The SMILES string of the molecule is O=C(NCc1ccc(N2CCCC2=O)cc1)c1ccc(CSc2ncn[nH]2)cc1. The summed E-state index contributed by atoms with van der Waals surface area (Å²) in [4.78, 5) is 30.1. The predicted octanol–water partition coefficient (Wildman–Crippen LogP) is 3.15. The number of amides is 2. The van der Waals surface area contributed by atoms with Gasteiger partial charge in [-0.3, -0.25) is 14.7 Å². The standard InChI is InChI=1S/C21H21N5O2S/c27-19-2-1-11-26(19)18-9-5-15(6-10-18)12-22-20(28)17-7-3-16(4-8-17)13-29-21-23-14-24-25-21/h3-10,14H,1-2,11-13H2,(H,22,28)(H,23,24,25). The van der Waals surface area contributed by atoms with Crippen molar-refractivity contribution in [3.05, 3.63) is 71.5 Å². The zero-order valence-electron chi connectivity index (χ0n) is 15.8. The van der Waals surface area contributed by atoms with Crippen molar-refractivity contribution in [2.75, 3.05) is 11.4 Å². The number of carbonyl (C=O) groups is 2. The minimum atomic E-state index is -0.113. The quantitative estimate of drug-likeness (QED) is 0.587. The summed E-state index contributed by atoms with van der Waals surface area (Å²) >= 11 is 1.56. The number of carbonyl (C=O) groups excluding carboxylic acids is 2. The predicted molar refractivity (Wildman–Crippen MR) is 112 cm³/mol. The molecule has 2 N–H and O–H groups in total. The monoisotopic (exact) mass is 407 g/mol. The van der Waals surface area contributed by atoms with Crippen LogP contribution in [0.25, 0.3) is 0 Å². The van der Waals surface area contributed by atoms with Crippen molar-refractivity contribution in [3.8, 4) is 0 Å². The van der Waals surface area contributed by atoms with Gasteiger partial charge in [0, 0.05) is 36.5 Å². The van der Waals surface area contributed by atoms with Crippen LogP contribution in [0, 0.1) is 0 Å². The summed E-state index contributed by atoms with van der Waals surface area (Å²) < 4.78 is 0. The minimum absolute atomic E-state index is 0.113. The molecule has 29 heavy (non-hydrogen) atoms. The summed E-state index contributed by atoms with van der Waals surface area (Å²) in [5.74, 6) is 0.815. The van der Waals surface area contributed by atoms with Gasteiger partial charge in [0.2, 0.25) is 5.91 Å². The van der Waals surface area contributed by atoms with Crippen molar-refractivity contribution in [3.63, 3.8) is 0 Å². The average molecular weight is 407 g/mol. The maximum Gasteiger partial charge on any atom is 0.251 e. The molecule has 0 aliphatic carbocycles. The number of aromatic nitrogens is 3. The smallest absolute Gasteiger partial charge is 0.251 e. The van der Waals surface area contributed by atoms with Crippen LogP contribution >= 0.6 is 11.8 Å². The van der Waals surface area contributed by atoms with Crippen molar-refractivity contribution in [2.24, 2.45) is 0 Å². The lowest BCUT2D eigenvalue weighted by Crippen LogP contribution is -2.24. The molecule has 0 saturated carbocycles. The Bertz CT molecular complexity index is 971. The van der Waals surface area contributed by atoms with E-state index in [-0.39, 0.29) is 11.8 Å². The summed E-state index contributed by atoms with van der Waals surface area (Å²) in [5.41, 5.74) is 3.64. The lowest BCUT2D eigenvalue weighted by Gasteiger charge is -2.16. The largest absolute Gasteiger partial charge is 0.348 e. The molecule has 4 rings (SSSR count). The first-order chi connectivity index (χ1) is 14.2. The Morgan fingerprint density at radius 2 is 1.86 bits per heavy atom. The van der Waals surface area contributed by atoms with E-state index in [0.29, 0.717) is 18.5 Å². The van der Waals surface area contributed by atoms with Gasteiger partial charge in [0.05, 0.1) is 0 Å². The third-order valence-corrected chi connectivity index (χ3v) is 5.71. The van der Waals surface area contributed by atoms with Gasteiger partial charge in [0.15, 0.2) is 5.16 Å². The highest BCUT2D eigenvalue weighted by Crippen LogP contribution is 2.22. The fourth-order valence-corrected chi connectivity index (χ4v) is 3.90. The number of nitrogens with one attached hydrogen (secondary N) is 2. The normalized spacial score (nSPS) is 13.7. The molecule has 2 amide bonds. The van der Waals surface area contributed by atoms with Crippen LogP contribution in [0.1, 0.15) is 34.3 Å². The second kappa shape index (κ2) is 8.91. The summed E-state index contributed by atoms with van der Waals surface area (Å²) in [7, 11) is 0. The van der Waals surface area contributed by atoms with Gasteiger partial charge in [-0.1, -0.05) is 36.0 Å². The van der Waals surface area contributed by atoms with Crippen LogP contribution in [0.5, 0.6) is 0 Å². The van der Waals surface area contributed by atoms with Gasteiger partial charge in [-0.15, -0.1) is 0 Å². The second-order valence-corrected chi connectivity index (χ2v) is 7.74. The zero-order chi connectivity index (χ0) is 20.1. The van der Waals surface area contributed by atoms with Crippen LogP contribution in [-0.4, -0.2) is 33.5 Å². The van der Waals surface area contributed by atoms with Crippen molar-refractivity contribution < 1.29 is 9.59 Å². The Morgan fingerprint density at radius 3 is 2.52 bits per heavy atom. The number of rotatable bonds is 7. The third-order valence-electron chi connectivity index (χ3n) is 4.76. The van der Waals surface area contributed by atoms with Crippen LogP contribution in [0.3, 0.4) is 0 Å². The van der Waals surface area contributed by atoms with Crippen LogP contribution in [0.2, 0.25) is 0 Å². The first-order valence-electron chi connectivity index (χ1n) is 9.44. The lowest BCUT2D eigenvalue weighted by molar-refractivity contribution is -0.117. The van der Waals surface area contributed by atoms with E-state index in [9.17, 15) is 9.59 Å². The molecule has 7 nitrogen and oxygen atoms in total. The molecule has 0 unspecified atom stereocenters. The number of thioether (sulfide) groups is 1. The summed E-state index contributed by atoms with van der Waals surface area (Å²) in [6.45, 7) is 1.22.